The van der Waals surface area contributed by atoms with E-state index in [0.29, 0.717) is 6.10 Å². The van der Waals surface area contributed by atoms with Crippen LogP contribution in [0.25, 0.3) is 0 Å². The smallest absolute Gasteiger partial charge is 0.0571 e. The Morgan fingerprint density at radius 3 is 2.00 bits per heavy atom. The first-order valence-corrected chi connectivity index (χ1v) is 3.98. The average Bonchev–Trinajstić information content (AvgIpc) is 2.39. The first-order valence-electron chi connectivity index (χ1n) is 3.98. The maximum Gasteiger partial charge on any atom is 0.0571 e. The third-order valence-corrected chi connectivity index (χ3v) is 1.64. The lowest BCUT2D eigenvalue weighted by atomic mass is 10.3. The van der Waals surface area contributed by atoms with Crippen LogP contribution < -0.4 is 0 Å². The van der Waals surface area contributed by atoms with Crippen LogP contribution >= 0.6 is 0 Å². The molecule has 0 heterocycles. The summed E-state index contributed by atoms with van der Waals surface area (Å²) in [5.41, 5.74) is 0. The van der Waals surface area contributed by atoms with Crippen LogP contribution in [0.15, 0.2) is 0 Å². The van der Waals surface area contributed by atoms with Crippen LogP contribution in [0, 0.1) is 0 Å². The Labute approximate surface area is 63.2 Å². The summed E-state index contributed by atoms with van der Waals surface area (Å²) >= 11 is 0. The highest BCUT2D eigenvalue weighted by Gasteiger charge is 2.12. The summed E-state index contributed by atoms with van der Waals surface area (Å²) in [6.45, 7) is 1.93. The predicted octanol–water partition coefficient (Wildman–Crippen LogP) is 1.57. The zero-order valence-electron chi connectivity index (χ0n) is 6.97. The van der Waals surface area contributed by atoms with Crippen LogP contribution in [0.3, 0.4) is 0 Å². The van der Waals surface area contributed by atoms with E-state index in [1.165, 1.54) is 25.7 Å². The molecule has 0 saturated heterocycles. The summed E-state index contributed by atoms with van der Waals surface area (Å²) in [6.07, 6.45) is 5.92. The van der Waals surface area contributed by atoms with Gasteiger partial charge in [-0.2, -0.15) is 0 Å². The second-order valence-corrected chi connectivity index (χ2v) is 2.46. The summed E-state index contributed by atoms with van der Waals surface area (Å²) in [5.74, 6) is 0. The number of hydrogen-bond acceptors (Lipinski definition) is 2. The Morgan fingerprint density at radius 1 is 1.40 bits per heavy atom. The molecule has 0 aromatic carbocycles. The van der Waals surface area contributed by atoms with Crippen LogP contribution in [0.2, 0.25) is 0 Å². The lowest BCUT2D eigenvalue weighted by molar-refractivity contribution is 0.109. The van der Waals surface area contributed by atoms with E-state index in [1.807, 2.05) is 0 Å². The van der Waals surface area contributed by atoms with E-state index in [2.05, 4.69) is 0 Å². The molecule has 1 aliphatic carbocycles. The molecule has 1 N–H and O–H groups in total. The topological polar surface area (TPSA) is 29.5 Å². The molecule has 62 valence electrons. The summed E-state index contributed by atoms with van der Waals surface area (Å²) in [7, 11) is 1.80. The fraction of sp³-hybridized carbons (Fsp3) is 1.00. The third kappa shape index (κ3) is 4.77. The van der Waals surface area contributed by atoms with Gasteiger partial charge in [-0.05, 0) is 19.8 Å². The number of aliphatic hydroxyl groups excluding tert-OH is 1. The van der Waals surface area contributed by atoms with Crippen molar-refractivity contribution >= 4 is 0 Å². The van der Waals surface area contributed by atoms with Crippen LogP contribution in [0.1, 0.15) is 32.6 Å². The molecule has 0 radical (unpaired) electrons. The van der Waals surface area contributed by atoms with E-state index in [1.54, 1.807) is 14.0 Å². The average molecular weight is 146 g/mol. The van der Waals surface area contributed by atoms with Crippen molar-refractivity contribution in [2.75, 3.05) is 13.7 Å². The molecule has 1 rings (SSSR count). The largest absolute Gasteiger partial charge is 0.397 e. The molecule has 0 atom stereocenters. The molecule has 0 aromatic heterocycles. The molecule has 1 saturated carbocycles. The summed E-state index contributed by atoms with van der Waals surface area (Å²) in [4.78, 5) is 0. The van der Waals surface area contributed by atoms with Gasteiger partial charge in [-0.3, -0.25) is 0 Å². The van der Waals surface area contributed by atoms with Crippen molar-refractivity contribution in [3.8, 4) is 0 Å². The minimum Gasteiger partial charge on any atom is -0.397 e. The molecule has 2 nitrogen and oxygen atoms in total. The predicted molar refractivity (Wildman–Crippen MR) is 42.0 cm³/mol. The molecule has 0 bridgehead atoms. The highest BCUT2D eigenvalue weighted by atomic mass is 16.5. The van der Waals surface area contributed by atoms with Gasteiger partial charge in [-0.25, -0.2) is 0 Å². The maximum absolute atomic E-state index is 7.57. The summed E-state index contributed by atoms with van der Waals surface area (Å²) < 4.78 is 5.11. The molecule has 1 aliphatic rings. The quantitative estimate of drug-likeness (QED) is 0.608. The van der Waals surface area contributed by atoms with Crippen LogP contribution in [0.4, 0.5) is 0 Å². The van der Waals surface area contributed by atoms with Crippen molar-refractivity contribution in [3.63, 3.8) is 0 Å². The number of rotatable bonds is 1. The van der Waals surface area contributed by atoms with Crippen molar-refractivity contribution in [2.24, 2.45) is 0 Å². The van der Waals surface area contributed by atoms with Gasteiger partial charge in [0.25, 0.3) is 0 Å². The van der Waals surface area contributed by atoms with E-state index >= 15 is 0 Å². The lowest BCUT2D eigenvalue weighted by Gasteiger charge is -2.02. The fourth-order valence-corrected chi connectivity index (χ4v) is 1.12. The van der Waals surface area contributed by atoms with E-state index in [0.717, 1.165) is 0 Å². The Morgan fingerprint density at radius 2 is 1.80 bits per heavy atom. The standard InChI is InChI=1S/C6H12O.C2H6O/c1-7-6-4-2-3-5-6;1-2-3/h6H,2-5H2,1H3;3H,2H2,1H3. The highest BCUT2D eigenvalue weighted by molar-refractivity contribution is 4.65. The van der Waals surface area contributed by atoms with Crippen LogP contribution in [-0.2, 0) is 4.74 Å². The van der Waals surface area contributed by atoms with Crippen molar-refractivity contribution in [3.05, 3.63) is 0 Å². The third-order valence-electron chi connectivity index (χ3n) is 1.64. The van der Waals surface area contributed by atoms with E-state index in [-0.39, 0.29) is 6.61 Å². The monoisotopic (exact) mass is 146 g/mol. The molecule has 1 fully saturated rings. The summed E-state index contributed by atoms with van der Waals surface area (Å²) in [5, 5.41) is 7.57. The molecule has 0 spiro atoms. The van der Waals surface area contributed by atoms with Gasteiger partial charge in [0.2, 0.25) is 0 Å². The Balaban J connectivity index is 0.000000236. The SMILES string of the molecule is CCO.COC1CCCC1. The Kier molecular flexibility index (Phi) is 6.98. The van der Waals surface area contributed by atoms with Gasteiger partial charge in [0.05, 0.1) is 6.10 Å². The zero-order chi connectivity index (χ0) is 7.82. The van der Waals surface area contributed by atoms with Gasteiger partial charge in [0, 0.05) is 13.7 Å². The molecular formula is C8H18O2. The van der Waals surface area contributed by atoms with Crippen molar-refractivity contribution in [1.82, 2.24) is 0 Å². The lowest BCUT2D eigenvalue weighted by Crippen LogP contribution is -2.01. The number of methoxy groups -OCH3 is 1. The second-order valence-electron chi connectivity index (χ2n) is 2.46. The van der Waals surface area contributed by atoms with Gasteiger partial charge >= 0.3 is 0 Å². The number of hydrogen-bond donors (Lipinski definition) is 1. The van der Waals surface area contributed by atoms with Crippen LogP contribution in [-0.4, -0.2) is 24.9 Å². The van der Waals surface area contributed by atoms with Crippen molar-refractivity contribution in [2.45, 2.75) is 38.7 Å². The van der Waals surface area contributed by atoms with Gasteiger partial charge < -0.3 is 9.84 Å². The van der Waals surface area contributed by atoms with E-state index in [4.69, 9.17) is 9.84 Å². The molecule has 0 amide bonds. The van der Waals surface area contributed by atoms with Crippen LogP contribution in [0.5, 0.6) is 0 Å². The maximum atomic E-state index is 7.57. The van der Waals surface area contributed by atoms with Gasteiger partial charge in [-0.1, -0.05) is 12.8 Å². The Bertz CT molecular complexity index is 58.3. The minimum atomic E-state index is 0.250. The molecular weight excluding hydrogens is 128 g/mol. The highest BCUT2D eigenvalue weighted by Crippen LogP contribution is 2.19. The van der Waals surface area contributed by atoms with Gasteiger partial charge in [0.15, 0.2) is 0 Å². The van der Waals surface area contributed by atoms with Crippen molar-refractivity contribution in [1.29, 1.82) is 0 Å². The second kappa shape index (κ2) is 7.03. The first kappa shape index (κ1) is 9.92. The number of aliphatic hydroxyl groups is 1. The molecule has 0 aromatic rings. The minimum absolute atomic E-state index is 0.250. The van der Waals surface area contributed by atoms with Gasteiger partial charge in [-0.15, -0.1) is 0 Å². The molecule has 0 unspecified atom stereocenters. The van der Waals surface area contributed by atoms with Crippen molar-refractivity contribution < 1.29 is 9.84 Å². The Hall–Kier alpha value is -0.0800. The van der Waals surface area contributed by atoms with Gasteiger partial charge in [0.1, 0.15) is 0 Å². The zero-order valence-corrected chi connectivity index (χ0v) is 6.97. The normalized spacial score (nSPS) is 18.3. The summed E-state index contributed by atoms with van der Waals surface area (Å²) in [6, 6.07) is 0. The van der Waals surface area contributed by atoms with E-state index in [9.17, 15) is 0 Å². The fourth-order valence-electron chi connectivity index (χ4n) is 1.12. The molecule has 2 heteroatoms. The first-order chi connectivity index (χ1) is 4.85. The van der Waals surface area contributed by atoms with E-state index < -0.39 is 0 Å². The molecule has 0 aliphatic heterocycles. The molecule has 10 heavy (non-hydrogen) atoms. The number of ether oxygens (including phenoxy) is 1.